The largest absolute Gasteiger partial charge is 0.511 e. The smallest absolute Gasteiger partial charge is 0.416 e. The first kappa shape index (κ1) is 19.7. The molecule has 0 aromatic heterocycles. The van der Waals surface area contributed by atoms with Gasteiger partial charge in [-0.15, -0.1) is 0 Å². The van der Waals surface area contributed by atoms with Gasteiger partial charge in [-0.1, -0.05) is 12.1 Å². The van der Waals surface area contributed by atoms with Gasteiger partial charge in [0.15, 0.2) is 0 Å². The molecule has 2 aliphatic rings. The van der Waals surface area contributed by atoms with Crippen LogP contribution >= 0.6 is 0 Å². The Balaban J connectivity index is 1.82. The first-order valence-electron chi connectivity index (χ1n) is 8.44. The molecule has 1 heterocycles. The highest BCUT2D eigenvalue weighted by Crippen LogP contribution is 2.50. The molecule has 2 amide bonds. The quantitative estimate of drug-likeness (QED) is 0.658. The lowest BCUT2D eigenvalue weighted by atomic mass is 9.96. The number of hydrogen-bond acceptors (Lipinski definition) is 4. The summed E-state index contributed by atoms with van der Waals surface area (Å²) in [5.74, 6) is -3.49. The van der Waals surface area contributed by atoms with E-state index >= 15 is 0 Å². The molecule has 150 valence electrons. The van der Waals surface area contributed by atoms with E-state index in [-0.39, 0.29) is 13.0 Å². The Morgan fingerprint density at radius 2 is 1.79 bits per heavy atom. The summed E-state index contributed by atoms with van der Waals surface area (Å²) in [6.45, 7) is -0.743. The molecule has 0 unspecified atom stereocenters. The maximum Gasteiger partial charge on any atom is 0.416 e. The van der Waals surface area contributed by atoms with E-state index in [2.05, 4.69) is 0 Å². The van der Waals surface area contributed by atoms with Gasteiger partial charge in [-0.05, 0) is 30.5 Å². The number of carbonyl (C=O) groups is 3. The van der Waals surface area contributed by atoms with Crippen molar-refractivity contribution in [1.82, 2.24) is 10.2 Å². The lowest BCUT2D eigenvalue weighted by Gasteiger charge is -2.36. The number of aliphatic hydroxyl groups excluding tert-OH is 1. The van der Waals surface area contributed by atoms with Crippen LogP contribution in [0.5, 0.6) is 0 Å². The summed E-state index contributed by atoms with van der Waals surface area (Å²) in [6.07, 6.45) is -3.25. The molecule has 3 N–H and O–H groups in total. The van der Waals surface area contributed by atoms with E-state index in [4.69, 9.17) is 5.11 Å². The van der Waals surface area contributed by atoms with Crippen LogP contribution in [0.25, 0.3) is 0 Å². The van der Waals surface area contributed by atoms with Crippen LogP contribution in [0.2, 0.25) is 0 Å². The summed E-state index contributed by atoms with van der Waals surface area (Å²) in [6, 6.07) is 4.34. The van der Waals surface area contributed by atoms with Gasteiger partial charge in [0.2, 0.25) is 0 Å². The molecule has 0 saturated heterocycles. The SMILES string of the molecule is O=C(O)CNC(=O)C1=C(O)CC2(CC2)N(Cc2ccc(C(F)(F)F)cc2)C1=O. The Labute approximate surface area is 157 Å². The van der Waals surface area contributed by atoms with E-state index in [0.717, 1.165) is 12.1 Å². The number of aliphatic carboxylic acids is 1. The lowest BCUT2D eigenvalue weighted by molar-refractivity contribution is -0.139. The standard InChI is InChI=1S/C18H17F3N2O5/c19-18(20,21)11-3-1-10(2-4-11)9-23-16(28)14(15(27)22-8-13(25)26)12(24)7-17(23)5-6-17/h1-4,24H,5-9H2,(H,22,27)(H,25,26). The molecule has 7 nitrogen and oxygen atoms in total. The molecule has 1 aromatic carbocycles. The van der Waals surface area contributed by atoms with Crippen molar-refractivity contribution in [2.45, 2.75) is 37.5 Å². The van der Waals surface area contributed by atoms with E-state index in [1.807, 2.05) is 5.32 Å². The third-order valence-electron chi connectivity index (χ3n) is 4.89. The molecule has 1 saturated carbocycles. The third-order valence-corrected chi connectivity index (χ3v) is 4.89. The van der Waals surface area contributed by atoms with E-state index < -0.39 is 52.9 Å². The fourth-order valence-corrected chi connectivity index (χ4v) is 3.25. The van der Waals surface area contributed by atoms with E-state index in [9.17, 15) is 32.7 Å². The van der Waals surface area contributed by atoms with Crippen molar-refractivity contribution >= 4 is 17.8 Å². The fraction of sp³-hybridized carbons (Fsp3) is 0.389. The second-order valence-electron chi connectivity index (χ2n) is 6.89. The molecule has 0 atom stereocenters. The van der Waals surface area contributed by atoms with E-state index in [1.54, 1.807) is 0 Å². The summed E-state index contributed by atoms with van der Waals surface area (Å²) in [5, 5.41) is 20.8. The monoisotopic (exact) mass is 398 g/mol. The number of rotatable bonds is 5. The van der Waals surface area contributed by atoms with Crippen LogP contribution in [0.1, 0.15) is 30.4 Å². The Kier molecular flexibility index (Phi) is 4.82. The number of halogens is 3. The average Bonchev–Trinajstić information content (AvgIpc) is 3.36. The van der Waals surface area contributed by atoms with Crippen LogP contribution in [0, 0.1) is 0 Å². The maximum atomic E-state index is 12.8. The number of hydrogen-bond donors (Lipinski definition) is 3. The maximum absolute atomic E-state index is 12.8. The number of alkyl halides is 3. The molecule has 1 aliphatic carbocycles. The minimum Gasteiger partial charge on any atom is -0.511 e. The highest BCUT2D eigenvalue weighted by Gasteiger charge is 2.55. The number of aliphatic hydroxyl groups is 1. The first-order valence-corrected chi connectivity index (χ1v) is 8.44. The van der Waals surface area contributed by atoms with Crippen LogP contribution < -0.4 is 5.32 Å². The molecular weight excluding hydrogens is 381 g/mol. The van der Waals surface area contributed by atoms with Crippen molar-refractivity contribution in [1.29, 1.82) is 0 Å². The topological polar surface area (TPSA) is 107 Å². The minimum absolute atomic E-state index is 0.0278. The summed E-state index contributed by atoms with van der Waals surface area (Å²) >= 11 is 0. The second-order valence-corrected chi connectivity index (χ2v) is 6.89. The Bertz CT molecular complexity index is 857. The molecule has 1 aromatic rings. The number of carboxylic acids is 1. The van der Waals surface area contributed by atoms with E-state index in [1.165, 1.54) is 17.0 Å². The van der Waals surface area contributed by atoms with Crippen LogP contribution in [0.15, 0.2) is 35.6 Å². The second kappa shape index (κ2) is 6.84. The van der Waals surface area contributed by atoms with Gasteiger partial charge >= 0.3 is 12.1 Å². The van der Waals surface area contributed by atoms with Crippen molar-refractivity contribution in [2.75, 3.05) is 6.54 Å². The van der Waals surface area contributed by atoms with Gasteiger partial charge in [-0.3, -0.25) is 14.4 Å². The molecule has 28 heavy (non-hydrogen) atoms. The third kappa shape index (κ3) is 3.80. The van der Waals surface area contributed by atoms with Crippen LogP contribution in [0.4, 0.5) is 13.2 Å². The summed E-state index contributed by atoms with van der Waals surface area (Å²) in [4.78, 5) is 36.9. The zero-order chi connectivity index (χ0) is 20.7. The lowest BCUT2D eigenvalue weighted by Crippen LogP contribution is -2.49. The molecule has 1 spiro atoms. The molecule has 0 radical (unpaired) electrons. The van der Waals surface area contributed by atoms with E-state index in [0.29, 0.717) is 18.4 Å². The van der Waals surface area contributed by atoms with Crippen molar-refractivity contribution in [3.8, 4) is 0 Å². The molecule has 1 aliphatic heterocycles. The normalized spacial score (nSPS) is 18.4. The van der Waals surface area contributed by atoms with Gasteiger partial charge in [0.1, 0.15) is 17.9 Å². The number of benzene rings is 1. The van der Waals surface area contributed by atoms with Gasteiger partial charge < -0.3 is 20.4 Å². The number of nitrogens with one attached hydrogen (secondary N) is 1. The predicted octanol–water partition coefficient (Wildman–Crippen LogP) is 1.98. The van der Waals surface area contributed by atoms with Gasteiger partial charge in [-0.2, -0.15) is 13.2 Å². The number of nitrogens with zero attached hydrogens (tertiary/aromatic N) is 1. The number of amides is 2. The van der Waals surface area contributed by atoms with Crippen molar-refractivity contribution < 1.29 is 37.8 Å². The highest BCUT2D eigenvalue weighted by molar-refractivity contribution is 6.19. The highest BCUT2D eigenvalue weighted by atomic mass is 19.4. The number of carbonyl (C=O) groups excluding carboxylic acids is 2. The van der Waals surface area contributed by atoms with Crippen LogP contribution in [-0.4, -0.2) is 45.0 Å². The zero-order valence-electron chi connectivity index (χ0n) is 14.5. The molecule has 1 fully saturated rings. The summed E-state index contributed by atoms with van der Waals surface area (Å²) in [5.41, 5.74) is -1.57. The summed E-state index contributed by atoms with van der Waals surface area (Å²) < 4.78 is 38.1. The molecule has 3 rings (SSSR count). The van der Waals surface area contributed by atoms with Crippen LogP contribution in [-0.2, 0) is 27.1 Å². The van der Waals surface area contributed by atoms with Crippen molar-refractivity contribution in [2.24, 2.45) is 0 Å². The zero-order valence-corrected chi connectivity index (χ0v) is 14.5. The van der Waals surface area contributed by atoms with Crippen LogP contribution in [0.3, 0.4) is 0 Å². The number of carboxylic acid groups (broad SMARTS) is 1. The van der Waals surface area contributed by atoms with Gasteiger partial charge in [0.25, 0.3) is 11.8 Å². The Hall–Kier alpha value is -3.04. The van der Waals surface area contributed by atoms with Gasteiger partial charge in [-0.25, -0.2) is 0 Å². The van der Waals surface area contributed by atoms with Gasteiger partial charge in [0, 0.05) is 13.0 Å². The molecular formula is C18H17F3N2O5. The van der Waals surface area contributed by atoms with Crippen molar-refractivity contribution in [3.63, 3.8) is 0 Å². The first-order chi connectivity index (χ1) is 13.0. The average molecular weight is 398 g/mol. The minimum atomic E-state index is -4.47. The van der Waals surface area contributed by atoms with Crippen molar-refractivity contribution in [3.05, 3.63) is 46.7 Å². The molecule has 0 bridgehead atoms. The summed E-state index contributed by atoms with van der Waals surface area (Å²) in [7, 11) is 0. The predicted molar refractivity (Wildman–Crippen MR) is 88.9 cm³/mol. The Morgan fingerprint density at radius 3 is 2.29 bits per heavy atom. The fourth-order valence-electron chi connectivity index (χ4n) is 3.25. The molecule has 10 heteroatoms. The van der Waals surface area contributed by atoms with Gasteiger partial charge in [0.05, 0.1) is 11.1 Å². The Morgan fingerprint density at radius 1 is 1.18 bits per heavy atom.